The lowest BCUT2D eigenvalue weighted by Gasteiger charge is -2.21. The third kappa shape index (κ3) is 4.37. The molecule has 0 saturated carbocycles. The standard InChI is InChI=1S/C21H19N3O4/c25-20(11-10-19-22-21(23-28-19)18-9-5-13-27-18)24(15-17-8-4-12-26-17)14-16-6-2-1-3-7-16/h1-9,12-13H,10-11,14-15H2. The van der Waals surface area contributed by atoms with E-state index in [9.17, 15) is 4.79 Å². The zero-order valence-electron chi connectivity index (χ0n) is 15.2. The minimum Gasteiger partial charge on any atom is -0.467 e. The van der Waals surface area contributed by atoms with Gasteiger partial charge in [-0.05, 0) is 29.8 Å². The highest BCUT2D eigenvalue weighted by molar-refractivity contribution is 5.76. The molecule has 4 rings (SSSR count). The van der Waals surface area contributed by atoms with Crippen LogP contribution in [0, 0.1) is 0 Å². The SMILES string of the molecule is O=C(CCc1nc(-c2ccco2)no1)N(Cc1ccccc1)Cc1ccco1. The summed E-state index contributed by atoms with van der Waals surface area (Å²) in [6.07, 6.45) is 3.77. The average molecular weight is 377 g/mol. The van der Waals surface area contributed by atoms with Crippen molar-refractivity contribution in [2.45, 2.75) is 25.9 Å². The fraction of sp³-hybridized carbons (Fsp3) is 0.190. The summed E-state index contributed by atoms with van der Waals surface area (Å²) in [6, 6.07) is 17.0. The second-order valence-electron chi connectivity index (χ2n) is 6.30. The second-order valence-corrected chi connectivity index (χ2v) is 6.30. The van der Waals surface area contributed by atoms with Crippen molar-refractivity contribution in [3.8, 4) is 11.6 Å². The Hall–Kier alpha value is -3.61. The molecular formula is C21H19N3O4. The van der Waals surface area contributed by atoms with Gasteiger partial charge < -0.3 is 18.3 Å². The predicted octanol–water partition coefficient (Wildman–Crippen LogP) is 4.08. The van der Waals surface area contributed by atoms with E-state index in [0.29, 0.717) is 37.0 Å². The molecule has 0 bridgehead atoms. The van der Waals surface area contributed by atoms with Crippen molar-refractivity contribution in [2.24, 2.45) is 0 Å². The summed E-state index contributed by atoms with van der Waals surface area (Å²) in [5, 5.41) is 3.89. The van der Waals surface area contributed by atoms with Crippen LogP contribution < -0.4 is 0 Å². The van der Waals surface area contributed by atoms with Gasteiger partial charge >= 0.3 is 0 Å². The van der Waals surface area contributed by atoms with Crippen molar-refractivity contribution in [1.29, 1.82) is 0 Å². The van der Waals surface area contributed by atoms with Gasteiger partial charge in [-0.3, -0.25) is 4.79 Å². The molecule has 1 amide bonds. The first-order valence-electron chi connectivity index (χ1n) is 8.98. The predicted molar refractivity (Wildman–Crippen MR) is 99.7 cm³/mol. The lowest BCUT2D eigenvalue weighted by atomic mass is 10.2. The fourth-order valence-corrected chi connectivity index (χ4v) is 2.86. The first-order valence-corrected chi connectivity index (χ1v) is 8.98. The van der Waals surface area contributed by atoms with Crippen molar-refractivity contribution in [1.82, 2.24) is 15.0 Å². The zero-order valence-corrected chi connectivity index (χ0v) is 15.2. The molecule has 4 aromatic rings. The minimum absolute atomic E-state index is 0.0157. The third-order valence-electron chi connectivity index (χ3n) is 4.26. The molecule has 7 heteroatoms. The minimum atomic E-state index is -0.0157. The van der Waals surface area contributed by atoms with E-state index in [4.69, 9.17) is 13.4 Å². The number of hydrogen-bond donors (Lipinski definition) is 0. The first-order chi connectivity index (χ1) is 13.8. The topological polar surface area (TPSA) is 85.5 Å². The number of carbonyl (C=O) groups is 1. The quantitative estimate of drug-likeness (QED) is 0.460. The Bertz CT molecular complexity index is 992. The molecule has 0 fully saturated rings. The molecule has 0 unspecified atom stereocenters. The smallest absolute Gasteiger partial charge is 0.238 e. The maximum Gasteiger partial charge on any atom is 0.238 e. The molecule has 0 aliphatic heterocycles. The summed E-state index contributed by atoms with van der Waals surface area (Å²) in [4.78, 5) is 18.9. The monoisotopic (exact) mass is 377 g/mol. The maximum atomic E-state index is 12.9. The number of furan rings is 2. The maximum absolute atomic E-state index is 12.9. The fourth-order valence-electron chi connectivity index (χ4n) is 2.86. The van der Waals surface area contributed by atoms with Gasteiger partial charge in [0, 0.05) is 19.4 Å². The van der Waals surface area contributed by atoms with Crippen molar-refractivity contribution in [2.75, 3.05) is 0 Å². The lowest BCUT2D eigenvalue weighted by molar-refractivity contribution is -0.132. The molecule has 0 aliphatic carbocycles. The molecular weight excluding hydrogens is 358 g/mol. The van der Waals surface area contributed by atoms with Crippen molar-refractivity contribution < 1.29 is 18.2 Å². The number of rotatable bonds is 8. The number of aryl methyl sites for hydroxylation is 1. The highest BCUT2D eigenvalue weighted by atomic mass is 16.5. The van der Waals surface area contributed by atoms with E-state index in [-0.39, 0.29) is 12.3 Å². The molecule has 0 spiro atoms. The second kappa shape index (κ2) is 8.39. The van der Waals surface area contributed by atoms with Crippen LogP contribution in [0.4, 0.5) is 0 Å². The number of nitrogens with zero attached hydrogens (tertiary/aromatic N) is 3. The first kappa shape index (κ1) is 17.8. The number of hydrogen-bond acceptors (Lipinski definition) is 6. The van der Waals surface area contributed by atoms with E-state index in [0.717, 1.165) is 11.3 Å². The Kier molecular flexibility index (Phi) is 5.33. The van der Waals surface area contributed by atoms with Gasteiger partial charge in [0.2, 0.25) is 17.6 Å². The van der Waals surface area contributed by atoms with Crippen LogP contribution in [0.1, 0.15) is 23.6 Å². The van der Waals surface area contributed by atoms with Crippen molar-refractivity contribution >= 4 is 5.91 Å². The Labute approximate surface area is 161 Å². The molecule has 3 aromatic heterocycles. The summed E-state index contributed by atoms with van der Waals surface area (Å²) in [5.74, 6) is 2.03. The van der Waals surface area contributed by atoms with Crippen LogP contribution in [0.5, 0.6) is 0 Å². The average Bonchev–Trinajstić information content (AvgIpc) is 3.48. The summed E-state index contributed by atoms with van der Waals surface area (Å²) in [6.45, 7) is 0.907. The summed E-state index contributed by atoms with van der Waals surface area (Å²) in [7, 11) is 0. The molecule has 3 heterocycles. The van der Waals surface area contributed by atoms with E-state index in [1.54, 1.807) is 29.6 Å². The van der Waals surface area contributed by atoms with Gasteiger partial charge in [-0.2, -0.15) is 4.98 Å². The lowest BCUT2D eigenvalue weighted by Crippen LogP contribution is -2.30. The molecule has 142 valence electrons. The number of benzene rings is 1. The van der Waals surface area contributed by atoms with E-state index >= 15 is 0 Å². The highest BCUT2D eigenvalue weighted by Gasteiger charge is 2.18. The van der Waals surface area contributed by atoms with Crippen molar-refractivity contribution in [3.63, 3.8) is 0 Å². The van der Waals surface area contributed by atoms with Gasteiger partial charge in [0.05, 0.1) is 19.1 Å². The molecule has 0 atom stereocenters. The van der Waals surface area contributed by atoms with Crippen LogP contribution in [-0.2, 0) is 24.3 Å². The molecule has 0 N–H and O–H groups in total. The van der Waals surface area contributed by atoms with Crippen LogP contribution >= 0.6 is 0 Å². The van der Waals surface area contributed by atoms with E-state index in [1.807, 2.05) is 42.5 Å². The van der Waals surface area contributed by atoms with E-state index in [1.165, 1.54) is 0 Å². The highest BCUT2D eigenvalue weighted by Crippen LogP contribution is 2.17. The molecule has 1 aromatic carbocycles. The molecule has 0 saturated heterocycles. The van der Waals surface area contributed by atoms with Crippen molar-refractivity contribution in [3.05, 3.63) is 84.3 Å². The van der Waals surface area contributed by atoms with Gasteiger partial charge in [-0.1, -0.05) is 35.5 Å². The number of aromatic nitrogens is 2. The van der Waals surface area contributed by atoms with Crippen LogP contribution in [0.2, 0.25) is 0 Å². The van der Waals surface area contributed by atoms with Gasteiger partial charge in [0.25, 0.3) is 0 Å². The van der Waals surface area contributed by atoms with E-state index in [2.05, 4.69) is 10.1 Å². The zero-order chi connectivity index (χ0) is 19.2. The summed E-state index contributed by atoms with van der Waals surface area (Å²) >= 11 is 0. The molecule has 28 heavy (non-hydrogen) atoms. The normalized spacial score (nSPS) is 10.9. The molecule has 7 nitrogen and oxygen atoms in total. The Morgan fingerprint density at radius 2 is 1.75 bits per heavy atom. The Morgan fingerprint density at radius 1 is 0.929 bits per heavy atom. The Balaban J connectivity index is 1.41. The largest absolute Gasteiger partial charge is 0.467 e. The molecule has 0 aliphatic rings. The summed E-state index contributed by atoms with van der Waals surface area (Å²) < 4.78 is 15.9. The van der Waals surface area contributed by atoms with Crippen LogP contribution in [-0.4, -0.2) is 20.9 Å². The van der Waals surface area contributed by atoms with Gasteiger partial charge in [-0.25, -0.2) is 0 Å². The van der Waals surface area contributed by atoms with Gasteiger partial charge in [-0.15, -0.1) is 0 Å². The van der Waals surface area contributed by atoms with Gasteiger partial charge in [0.15, 0.2) is 5.76 Å². The van der Waals surface area contributed by atoms with Gasteiger partial charge in [0.1, 0.15) is 5.76 Å². The van der Waals surface area contributed by atoms with E-state index < -0.39 is 0 Å². The molecule has 0 radical (unpaired) electrons. The van der Waals surface area contributed by atoms with Crippen LogP contribution in [0.25, 0.3) is 11.6 Å². The summed E-state index contributed by atoms with van der Waals surface area (Å²) in [5.41, 5.74) is 1.06. The van der Waals surface area contributed by atoms with Crippen LogP contribution in [0.15, 0.2) is 80.5 Å². The van der Waals surface area contributed by atoms with Crippen LogP contribution in [0.3, 0.4) is 0 Å². The number of amides is 1. The Morgan fingerprint density at radius 3 is 2.50 bits per heavy atom. The number of carbonyl (C=O) groups excluding carboxylic acids is 1. The third-order valence-corrected chi connectivity index (χ3v) is 4.26.